The second-order valence-corrected chi connectivity index (χ2v) is 6.70. The second-order valence-electron chi connectivity index (χ2n) is 6.70. The van der Waals surface area contributed by atoms with Crippen LogP contribution in [-0.2, 0) is 4.74 Å². The van der Waals surface area contributed by atoms with Crippen LogP contribution in [0.25, 0.3) is 0 Å². The Bertz CT molecular complexity index is 313. The van der Waals surface area contributed by atoms with Gasteiger partial charge in [-0.05, 0) is 46.0 Å². The van der Waals surface area contributed by atoms with Crippen molar-refractivity contribution in [3.8, 4) is 0 Å². The zero-order valence-electron chi connectivity index (χ0n) is 12.2. The van der Waals surface area contributed by atoms with Crippen LogP contribution in [0.5, 0.6) is 0 Å². The van der Waals surface area contributed by atoms with Crippen LogP contribution < -0.4 is 5.32 Å². The number of aliphatic hydroxyl groups is 1. The maximum absolute atomic E-state index is 12.3. The van der Waals surface area contributed by atoms with E-state index in [2.05, 4.69) is 5.32 Å². The van der Waals surface area contributed by atoms with Gasteiger partial charge in [-0.3, -0.25) is 4.90 Å². The van der Waals surface area contributed by atoms with E-state index in [1.165, 1.54) is 0 Å². The molecular weight excluding hydrogens is 244 g/mol. The predicted molar refractivity (Wildman–Crippen MR) is 72.9 cm³/mol. The van der Waals surface area contributed by atoms with Crippen molar-refractivity contribution in [3.63, 3.8) is 0 Å². The predicted octanol–water partition coefficient (Wildman–Crippen LogP) is 1.36. The molecule has 2 saturated heterocycles. The molecule has 5 heteroatoms. The monoisotopic (exact) mass is 270 g/mol. The Morgan fingerprint density at radius 1 is 1.32 bits per heavy atom. The lowest BCUT2D eigenvalue weighted by atomic mass is 9.82. The number of ether oxygens (including phenoxy) is 1. The van der Waals surface area contributed by atoms with Gasteiger partial charge in [-0.25, -0.2) is 4.79 Å². The van der Waals surface area contributed by atoms with Gasteiger partial charge in [0.15, 0.2) is 0 Å². The molecule has 2 rings (SSSR count). The molecule has 2 aliphatic rings. The Balaban J connectivity index is 2.03. The average Bonchev–Trinajstić information content (AvgIpc) is 2.25. The Labute approximate surface area is 115 Å². The van der Waals surface area contributed by atoms with Gasteiger partial charge in [-0.15, -0.1) is 0 Å². The summed E-state index contributed by atoms with van der Waals surface area (Å²) >= 11 is 0. The smallest absolute Gasteiger partial charge is 0.410 e. The van der Waals surface area contributed by atoms with Crippen molar-refractivity contribution in [2.45, 2.75) is 57.7 Å². The van der Waals surface area contributed by atoms with Gasteiger partial charge in [-0.1, -0.05) is 0 Å². The normalized spacial score (nSPS) is 31.2. The summed E-state index contributed by atoms with van der Waals surface area (Å²) in [5.41, 5.74) is -0.444. The molecule has 1 amide bonds. The second kappa shape index (κ2) is 5.67. The fourth-order valence-corrected chi connectivity index (χ4v) is 3.20. The molecule has 2 unspecified atom stereocenters. The van der Waals surface area contributed by atoms with Crippen molar-refractivity contribution in [2.75, 3.05) is 19.7 Å². The van der Waals surface area contributed by atoms with Crippen molar-refractivity contribution in [2.24, 2.45) is 5.92 Å². The Kier molecular flexibility index (Phi) is 4.36. The summed E-state index contributed by atoms with van der Waals surface area (Å²) in [6.07, 6.45) is 2.58. The number of amides is 1. The number of hydrogen-bond donors (Lipinski definition) is 2. The summed E-state index contributed by atoms with van der Waals surface area (Å²) in [5.74, 6) is 0.529. The maximum atomic E-state index is 12.3. The van der Waals surface area contributed by atoms with Crippen LogP contribution in [0.3, 0.4) is 0 Å². The van der Waals surface area contributed by atoms with Crippen molar-refractivity contribution in [1.29, 1.82) is 0 Å². The molecule has 2 fully saturated rings. The number of carbonyl (C=O) groups excluding carboxylic acids is 1. The molecule has 2 N–H and O–H groups in total. The molecule has 0 aliphatic carbocycles. The zero-order chi connectivity index (χ0) is 14.0. The van der Waals surface area contributed by atoms with Crippen molar-refractivity contribution >= 4 is 6.09 Å². The van der Waals surface area contributed by atoms with Crippen LogP contribution in [0.15, 0.2) is 0 Å². The van der Waals surface area contributed by atoms with Gasteiger partial charge < -0.3 is 15.2 Å². The molecule has 110 valence electrons. The van der Waals surface area contributed by atoms with E-state index in [9.17, 15) is 4.79 Å². The van der Waals surface area contributed by atoms with Gasteiger partial charge >= 0.3 is 6.09 Å². The molecule has 2 atom stereocenters. The van der Waals surface area contributed by atoms with Gasteiger partial charge in [0.1, 0.15) is 5.60 Å². The number of aliphatic hydroxyl groups excluding tert-OH is 1. The van der Waals surface area contributed by atoms with Gasteiger partial charge in [0.05, 0.1) is 0 Å². The quantitative estimate of drug-likeness (QED) is 0.795. The third-order valence-electron chi connectivity index (χ3n) is 3.90. The Morgan fingerprint density at radius 2 is 1.89 bits per heavy atom. The topological polar surface area (TPSA) is 61.8 Å². The molecule has 5 nitrogen and oxygen atoms in total. The summed E-state index contributed by atoms with van der Waals surface area (Å²) in [6, 6.07) is 0.415. The van der Waals surface area contributed by atoms with Crippen LogP contribution in [-0.4, -0.2) is 53.5 Å². The summed E-state index contributed by atoms with van der Waals surface area (Å²) < 4.78 is 5.52. The first-order valence-corrected chi connectivity index (χ1v) is 7.23. The molecule has 0 aromatic rings. The number of nitrogens with one attached hydrogen (secondary N) is 1. The average molecular weight is 270 g/mol. The lowest BCUT2D eigenvalue weighted by Gasteiger charge is -2.48. The van der Waals surface area contributed by atoms with Crippen molar-refractivity contribution < 1.29 is 14.6 Å². The van der Waals surface area contributed by atoms with Crippen LogP contribution in [0.1, 0.15) is 40.0 Å². The molecule has 2 bridgehead atoms. The number of carbonyl (C=O) groups is 1. The van der Waals surface area contributed by atoms with Gasteiger partial charge in [-0.2, -0.15) is 0 Å². The van der Waals surface area contributed by atoms with Gasteiger partial charge in [0.2, 0.25) is 0 Å². The molecule has 19 heavy (non-hydrogen) atoms. The van der Waals surface area contributed by atoms with E-state index in [4.69, 9.17) is 9.84 Å². The highest BCUT2D eigenvalue weighted by atomic mass is 16.6. The fraction of sp³-hybridized carbons (Fsp3) is 0.929. The molecule has 2 aliphatic heterocycles. The number of nitrogens with zero attached hydrogens (tertiary/aromatic N) is 1. The molecular formula is C14H26N2O3. The van der Waals surface area contributed by atoms with E-state index >= 15 is 0 Å². The number of fused-ring (bicyclic) bond motifs is 2. The zero-order valence-corrected chi connectivity index (χ0v) is 12.2. The van der Waals surface area contributed by atoms with Crippen molar-refractivity contribution in [1.82, 2.24) is 10.2 Å². The summed E-state index contributed by atoms with van der Waals surface area (Å²) in [4.78, 5) is 14.2. The first-order valence-electron chi connectivity index (χ1n) is 7.23. The van der Waals surface area contributed by atoms with Crippen LogP contribution in [0.2, 0.25) is 0 Å². The Morgan fingerprint density at radius 3 is 2.37 bits per heavy atom. The third-order valence-corrected chi connectivity index (χ3v) is 3.90. The summed E-state index contributed by atoms with van der Waals surface area (Å²) in [7, 11) is 0. The third kappa shape index (κ3) is 3.60. The largest absolute Gasteiger partial charge is 0.444 e. The van der Waals surface area contributed by atoms with E-state index in [1.807, 2.05) is 25.7 Å². The lowest BCUT2D eigenvalue weighted by molar-refractivity contribution is -0.0246. The highest BCUT2D eigenvalue weighted by Crippen LogP contribution is 2.32. The van der Waals surface area contributed by atoms with E-state index < -0.39 is 5.60 Å². The molecule has 0 spiro atoms. The maximum Gasteiger partial charge on any atom is 0.410 e. The molecule has 0 saturated carbocycles. The highest BCUT2D eigenvalue weighted by Gasteiger charge is 2.42. The first-order chi connectivity index (χ1) is 8.90. The number of piperazine rings is 1. The van der Waals surface area contributed by atoms with Crippen LogP contribution in [0.4, 0.5) is 4.79 Å². The molecule has 0 radical (unpaired) electrons. The summed E-state index contributed by atoms with van der Waals surface area (Å²) in [6.45, 7) is 7.60. The summed E-state index contributed by atoms with van der Waals surface area (Å²) in [5, 5.41) is 12.5. The first kappa shape index (κ1) is 14.6. The van der Waals surface area contributed by atoms with Gasteiger partial charge in [0.25, 0.3) is 0 Å². The van der Waals surface area contributed by atoms with E-state index in [-0.39, 0.29) is 24.8 Å². The minimum absolute atomic E-state index is 0.188. The van der Waals surface area contributed by atoms with E-state index in [0.717, 1.165) is 32.4 Å². The minimum atomic E-state index is -0.444. The van der Waals surface area contributed by atoms with Crippen LogP contribution in [0, 0.1) is 5.92 Å². The van der Waals surface area contributed by atoms with Crippen LogP contribution >= 0.6 is 0 Å². The fourth-order valence-electron chi connectivity index (χ4n) is 3.20. The lowest BCUT2D eigenvalue weighted by Crippen LogP contribution is -2.63. The number of hydrogen-bond acceptors (Lipinski definition) is 4. The SMILES string of the molecule is CC(C)(C)OC(=O)N1C2CNCC1CC(CCO)C2. The van der Waals surface area contributed by atoms with Crippen molar-refractivity contribution in [3.05, 3.63) is 0 Å². The number of piperidine rings is 1. The van der Waals surface area contributed by atoms with E-state index in [0.29, 0.717) is 5.92 Å². The standard InChI is InChI=1S/C14H26N2O3/c1-14(2,3)19-13(18)16-11-6-10(4-5-17)7-12(16)9-15-8-11/h10-12,15,17H,4-9H2,1-3H3. The molecule has 0 aromatic carbocycles. The Hall–Kier alpha value is -0.810. The number of rotatable bonds is 2. The van der Waals surface area contributed by atoms with E-state index in [1.54, 1.807) is 0 Å². The molecule has 2 heterocycles. The minimum Gasteiger partial charge on any atom is -0.444 e. The van der Waals surface area contributed by atoms with Gasteiger partial charge in [0, 0.05) is 31.8 Å². The highest BCUT2D eigenvalue weighted by molar-refractivity contribution is 5.69. The molecule has 0 aromatic heterocycles.